The van der Waals surface area contributed by atoms with Gasteiger partial charge in [-0.25, -0.2) is 4.98 Å². The number of aromatic nitrogens is 1. The lowest BCUT2D eigenvalue weighted by Gasteiger charge is -2.03. The molecule has 2 N–H and O–H groups in total. The van der Waals surface area contributed by atoms with Gasteiger partial charge in [0.1, 0.15) is 15.5 Å². The first-order chi connectivity index (χ1) is 10.1. The van der Waals surface area contributed by atoms with Crippen LogP contribution in [0.15, 0.2) is 36.5 Å². The normalized spacial score (nSPS) is 10.8. The number of nitrogens with zero attached hydrogens (tertiary/aromatic N) is 1. The van der Waals surface area contributed by atoms with E-state index in [4.69, 9.17) is 10.5 Å². The van der Waals surface area contributed by atoms with Crippen molar-refractivity contribution in [1.82, 2.24) is 4.98 Å². The highest BCUT2D eigenvalue weighted by Crippen LogP contribution is 2.35. The first-order valence-electron chi connectivity index (χ1n) is 6.44. The topological polar surface area (TPSA) is 65.2 Å². The number of ketones is 1. The third-order valence-corrected chi connectivity index (χ3v) is 4.49. The van der Waals surface area contributed by atoms with Gasteiger partial charge in [-0.3, -0.25) is 4.79 Å². The maximum absolute atomic E-state index is 12.7. The molecule has 3 aromatic rings. The highest BCUT2D eigenvalue weighted by Gasteiger charge is 2.19. The number of carbonyl (C=O) groups excluding carboxylic acids is 1. The molecule has 0 atom stereocenters. The smallest absolute Gasteiger partial charge is 0.205 e. The molecule has 0 unspecified atom stereocenters. The Labute approximate surface area is 126 Å². The SMILES string of the molecule is COc1cccc(C(=O)c2sc3nccc(C)c3c2N)c1. The second-order valence-electron chi connectivity index (χ2n) is 4.71. The molecule has 0 aliphatic heterocycles. The van der Waals surface area contributed by atoms with Crippen LogP contribution in [-0.4, -0.2) is 17.9 Å². The summed E-state index contributed by atoms with van der Waals surface area (Å²) in [7, 11) is 1.57. The van der Waals surface area contributed by atoms with Crippen molar-refractivity contribution in [3.05, 3.63) is 52.5 Å². The summed E-state index contributed by atoms with van der Waals surface area (Å²) in [6.45, 7) is 1.97. The van der Waals surface area contributed by atoms with E-state index in [-0.39, 0.29) is 5.78 Å². The predicted octanol–water partition coefficient (Wildman–Crippen LogP) is 3.43. The lowest BCUT2D eigenvalue weighted by molar-refractivity contribution is 0.104. The van der Waals surface area contributed by atoms with Gasteiger partial charge in [0.25, 0.3) is 0 Å². The first-order valence-corrected chi connectivity index (χ1v) is 7.26. The third kappa shape index (κ3) is 2.25. The van der Waals surface area contributed by atoms with Gasteiger partial charge in [0.2, 0.25) is 5.78 Å². The fourth-order valence-electron chi connectivity index (χ4n) is 2.27. The van der Waals surface area contributed by atoms with Gasteiger partial charge in [-0.1, -0.05) is 12.1 Å². The number of benzene rings is 1. The Kier molecular flexibility index (Phi) is 3.35. The Morgan fingerprint density at radius 1 is 1.33 bits per heavy atom. The molecule has 1 aromatic carbocycles. The molecule has 0 aliphatic rings. The fourth-order valence-corrected chi connectivity index (χ4v) is 3.37. The predicted molar refractivity (Wildman–Crippen MR) is 85.2 cm³/mol. The lowest BCUT2D eigenvalue weighted by Crippen LogP contribution is -2.02. The fraction of sp³-hybridized carbons (Fsp3) is 0.125. The summed E-state index contributed by atoms with van der Waals surface area (Å²) in [4.78, 5) is 18.3. The van der Waals surface area contributed by atoms with Crippen LogP contribution in [0.25, 0.3) is 10.2 Å². The van der Waals surface area contributed by atoms with E-state index in [1.165, 1.54) is 11.3 Å². The molecule has 0 radical (unpaired) electrons. The van der Waals surface area contributed by atoms with Crippen molar-refractivity contribution < 1.29 is 9.53 Å². The van der Waals surface area contributed by atoms with E-state index in [1.807, 2.05) is 13.0 Å². The van der Waals surface area contributed by atoms with Gasteiger partial charge < -0.3 is 10.5 Å². The van der Waals surface area contributed by atoms with Crippen LogP contribution in [0.3, 0.4) is 0 Å². The Balaban J connectivity index is 2.13. The molecule has 0 spiro atoms. The zero-order chi connectivity index (χ0) is 15.0. The summed E-state index contributed by atoms with van der Waals surface area (Å²) in [5, 5.41) is 0.869. The van der Waals surface area contributed by atoms with Crippen molar-refractivity contribution in [2.24, 2.45) is 0 Å². The molecule has 4 nitrogen and oxygen atoms in total. The number of rotatable bonds is 3. The molecule has 5 heteroatoms. The van der Waals surface area contributed by atoms with Crippen molar-refractivity contribution in [1.29, 1.82) is 0 Å². The summed E-state index contributed by atoms with van der Waals surface area (Å²) in [5.41, 5.74) is 8.26. The molecular weight excluding hydrogens is 284 g/mol. The maximum Gasteiger partial charge on any atom is 0.205 e. The van der Waals surface area contributed by atoms with Crippen LogP contribution >= 0.6 is 11.3 Å². The summed E-state index contributed by atoms with van der Waals surface area (Å²) in [5.74, 6) is 0.545. The average molecular weight is 298 g/mol. The number of thiophene rings is 1. The Bertz CT molecular complexity index is 839. The Hall–Kier alpha value is -2.40. The molecule has 0 saturated heterocycles. The second-order valence-corrected chi connectivity index (χ2v) is 5.71. The minimum atomic E-state index is -0.103. The summed E-state index contributed by atoms with van der Waals surface area (Å²) >= 11 is 1.33. The summed E-state index contributed by atoms with van der Waals surface area (Å²) in [6, 6.07) is 8.96. The molecular formula is C16H14N2O2S. The molecule has 2 heterocycles. The van der Waals surface area contributed by atoms with Crippen LogP contribution in [0.5, 0.6) is 5.75 Å². The Morgan fingerprint density at radius 3 is 2.86 bits per heavy atom. The maximum atomic E-state index is 12.7. The van der Waals surface area contributed by atoms with E-state index in [0.29, 0.717) is 21.9 Å². The standard InChI is InChI=1S/C16H14N2O2S/c1-9-6-7-18-16-12(9)13(17)15(21-16)14(19)10-4-3-5-11(8-10)20-2/h3-8H,17H2,1-2H3. The van der Waals surface area contributed by atoms with Crippen molar-refractivity contribution in [3.63, 3.8) is 0 Å². The van der Waals surface area contributed by atoms with E-state index in [9.17, 15) is 4.79 Å². The summed E-state index contributed by atoms with van der Waals surface area (Å²) in [6.07, 6.45) is 1.73. The summed E-state index contributed by atoms with van der Waals surface area (Å²) < 4.78 is 5.16. The molecule has 0 bridgehead atoms. The minimum Gasteiger partial charge on any atom is -0.497 e. The number of hydrogen-bond donors (Lipinski definition) is 1. The van der Waals surface area contributed by atoms with Gasteiger partial charge >= 0.3 is 0 Å². The number of methoxy groups -OCH3 is 1. The number of nitrogens with two attached hydrogens (primary N) is 1. The van der Waals surface area contributed by atoms with Gasteiger partial charge in [0.05, 0.1) is 12.8 Å². The Morgan fingerprint density at radius 2 is 2.14 bits per heavy atom. The third-order valence-electron chi connectivity index (χ3n) is 3.38. The van der Waals surface area contributed by atoms with Crippen LogP contribution in [0.4, 0.5) is 5.69 Å². The van der Waals surface area contributed by atoms with Crippen molar-refractivity contribution in [3.8, 4) is 5.75 Å². The molecule has 0 amide bonds. The van der Waals surface area contributed by atoms with E-state index in [2.05, 4.69) is 4.98 Å². The van der Waals surface area contributed by atoms with Crippen LogP contribution in [-0.2, 0) is 0 Å². The lowest BCUT2D eigenvalue weighted by atomic mass is 10.1. The van der Waals surface area contributed by atoms with Gasteiger partial charge in [0, 0.05) is 17.1 Å². The number of aryl methyl sites for hydroxylation is 1. The van der Waals surface area contributed by atoms with Crippen LogP contribution in [0.2, 0.25) is 0 Å². The molecule has 2 aromatic heterocycles. The zero-order valence-corrected chi connectivity index (χ0v) is 12.5. The number of fused-ring (bicyclic) bond motifs is 1. The quantitative estimate of drug-likeness (QED) is 0.752. The van der Waals surface area contributed by atoms with Gasteiger partial charge in [0.15, 0.2) is 0 Å². The molecule has 3 rings (SSSR count). The first kappa shape index (κ1) is 13.6. The number of anilines is 1. The molecule has 0 aliphatic carbocycles. The molecule has 106 valence electrons. The van der Waals surface area contributed by atoms with E-state index in [1.54, 1.807) is 37.6 Å². The van der Waals surface area contributed by atoms with Crippen molar-refractivity contribution in [2.45, 2.75) is 6.92 Å². The number of hydrogen-bond acceptors (Lipinski definition) is 5. The van der Waals surface area contributed by atoms with Crippen LogP contribution in [0.1, 0.15) is 20.8 Å². The molecule has 0 fully saturated rings. The number of nitrogen functional groups attached to an aromatic ring is 1. The number of pyridine rings is 1. The van der Waals surface area contributed by atoms with E-state index < -0.39 is 0 Å². The minimum absolute atomic E-state index is 0.103. The van der Waals surface area contributed by atoms with Crippen LogP contribution < -0.4 is 10.5 Å². The second kappa shape index (κ2) is 5.18. The van der Waals surface area contributed by atoms with Gasteiger partial charge in [-0.05, 0) is 30.7 Å². The zero-order valence-electron chi connectivity index (χ0n) is 11.7. The van der Waals surface area contributed by atoms with E-state index in [0.717, 1.165) is 15.8 Å². The van der Waals surface area contributed by atoms with Gasteiger partial charge in [-0.15, -0.1) is 11.3 Å². The number of carbonyl (C=O) groups is 1. The van der Waals surface area contributed by atoms with E-state index >= 15 is 0 Å². The van der Waals surface area contributed by atoms with Gasteiger partial charge in [-0.2, -0.15) is 0 Å². The van der Waals surface area contributed by atoms with Crippen molar-refractivity contribution in [2.75, 3.05) is 12.8 Å². The van der Waals surface area contributed by atoms with Crippen molar-refractivity contribution >= 4 is 33.0 Å². The van der Waals surface area contributed by atoms with Crippen LogP contribution in [0, 0.1) is 6.92 Å². The average Bonchev–Trinajstić information content (AvgIpc) is 2.85. The highest BCUT2D eigenvalue weighted by atomic mass is 32.1. The highest BCUT2D eigenvalue weighted by molar-refractivity contribution is 7.21. The molecule has 21 heavy (non-hydrogen) atoms. The largest absolute Gasteiger partial charge is 0.497 e. The monoisotopic (exact) mass is 298 g/mol. The molecule has 0 saturated carbocycles. The number of ether oxygens (including phenoxy) is 1.